The molecule has 2 aromatic carbocycles. The Morgan fingerprint density at radius 3 is 2.38 bits per heavy atom. The summed E-state index contributed by atoms with van der Waals surface area (Å²) >= 11 is 0. The molecule has 154 valence electrons. The number of ether oxygens (including phenoxy) is 1. The van der Waals surface area contributed by atoms with Gasteiger partial charge < -0.3 is 21.1 Å². The van der Waals surface area contributed by atoms with Crippen LogP contribution in [0.1, 0.15) is 30.4 Å². The third kappa shape index (κ3) is 5.81. The van der Waals surface area contributed by atoms with E-state index in [1.54, 1.807) is 4.90 Å². The van der Waals surface area contributed by atoms with Crippen LogP contribution in [-0.2, 0) is 22.7 Å². The number of amides is 2. The van der Waals surface area contributed by atoms with E-state index in [1.807, 2.05) is 54.6 Å². The first-order valence-electron chi connectivity index (χ1n) is 10.1. The molecule has 4 N–H and O–H groups in total. The molecule has 2 amide bonds. The van der Waals surface area contributed by atoms with Crippen molar-refractivity contribution in [1.82, 2.24) is 4.90 Å². The standard InChI is InChI=1S/C23H29N3O3/c24-13-19-7-4-8-21(19)23(28)26(15-22(25)27)14-17-9-11-20(12-10-17)29-16-18-5-2-1-3-6-18/h1-3,5-6,9-12,19,21H,4,7-8,13-16,24H2,(H2,25,27)/t19-,21-/m1/s1. The molecule has 1 aliphatic rings. The predicted molar refractivity (Wildman–Crippen MR) is 112 cm³/mol. The smallest absolute Gasteiger partial charge is 0.237 e. The van der Waals surface area contributed by atoms with Crippen LogP contribution >= 0.6 is 0 Å². The van der Waals surface area contributed by atoms with Crippen LogP contribution in [0.25, 0.3) is 0 Å². The quantitative estimate of drug-likeness (QED) is 0.681. The van der Waals surface area contributed by atoms with Crippen molar-refractivity contribution >= 4 is 11.8 Å². The highest BCUT2D eigenvalue weighted by molar-refractivity contribution is 5.85. The molecule has 0 unspecified atom stereocenters. The van der Waals surface area contributed by atoms with Crippen molar-refractivity contribution in [1.29, 1.82) is 0 Å². The zero-order valence-corrected chi connectivity index (χ0v) is 16.6. The number of hydrogen-bond donors (Lipinski definition) is 2. The molecular formula is C23H29N3O3. The third-order valence-corrected chi connectivity index (χ3v) is 5.48. The second-order valence-corrected chi connectivity index (χ2v) is 7.61. The van der Waals surface area contributed by atoms with Crippen molar-refractivity contribution in [2.45, 2.75) is 32.4 Å². The number of rotatable bonds is 9. The largest absolute Gasteiger partial charge is 0.489 e. The zero-order chi connectivity index (χ0) is 20.6. The van der Waals surface area contributed by atoms with E-state index < -0.39 is 5.91 Å². The monoisotopic (exact) mass is 395 g/mol. The highest BCUT2D eigenvalue weighted by Crippen LogP contribution is 2.32. The number of nitrogens with zero attached hydrogens (tertiary/aromatic N) is 1. The molecule has 0 saturated heterocycles. The molecule has 0 spiro atoms. The first-order chi connectivity index (χ1) is 14.1. The number of nitrogens with two attached hydrogens (primary N) is 2. The predicted octanol–water partition coefficient (Wildman–Crippen LogP) is 2.45. The van der Waals surface area contributed by atoms with E-state index in [1.165, 1.54) is 0 Å². The Morgan fingerprint density at radius 2 is 1.72 bits per heavy atom. The molecule has 0 radical (unpaired) electrons. The summed E-state index contributed by atoms with van der Waals surface area (Å²) in [7, 11) is 0. The molecule has 6 heteroatoms. The molecule has 29 heavy (non-hydrogen) atoms. The topological polar surface area (TPSA) is 98.7 Å². The molecule has 6 nitrogen and oxygen atoms in total. The number of carbonyl (C=O) groups is 2. The molecule has 0 aliphatic heterocycles. The van der Waals surface area contributed by atoms with Gasteiger partial charge in [0.05, 0.1) is 6.54 Å². The second kappa shape index (κ2) is 10.1. The average molecular weight is 396 g/mol. The van der Waals surface area contributed by atoms with Gasteiger partial charge in [0.1, 0.15) is 12.4 Å². The van der Waals surface area contributed by atoms with E-state index in [9.17, 15) is 9.59 Å². The number of hydrogen-bond acceptors (Lipinski definition) is 4. The van der Waals surface area contributed by atoms with Crippen LogP contribution in [0.5, 0.6) is 5.75 Å². The van der Waals surface area contributed by atoms with Gasteiger partial charge in [-0.1, -0.05) is 48.9 Å². The molecule has 0 bridgehead atoms. The fraction of sp³-hybridized carbons (Fsp3) is 0.391. The van der Waals surface area contributed by atoms with Crippen molar-refractivity contribution < 1.29 is 14.3 Å². The van der Waals surface area contributed by atoms with Crippen LogP contribution in [0.15, 0.2) is 54.6 Å². The lowest BCUT2D eigenvalue weighted by molar-refractivity contribution is -0.140. The van der Waals surface area contributed by atoms with Gasteiger partial charge in [-0.15, -0.1) is 0 Å². The Labute approximate surface area is 171 Å². The van der Waals surface area contributed by atoms with Crippen LogP contribution < -0.4 is 16.2 Å². The van der Waals surface area contributed by atoms with E-state index in [0.717, 1.165) is 36.1 Å². The number of carbonyl (C=O) groups excluding carboxylic acids is 2. The van der Waals surface area contributed by atoms with E-state index in [0.29, 0.717) is 19.7 Å². The van der Waals surface area contributed by atoms with Gasteiger partial charge in [-0.2, -0.15) is 0 Å². The van der Waals surface area contributed by atoms with Crippen LogP contribution in [0.2, 0.25) is 0 Å². The maximum atomic E-state index is 13.0. The Morgan fingerprint density at radius 1 is 1.00 bits per heavy atom. The molecule has 1 saturated carbocycles. The minimum atomic E-state index is -0.511. The summed E-state index contributed by atoms with van der Waals surface area (Å²) in [4.78, 5) is 26.1. The Bertz CT molecular complexity index is 808. The van der Waals surface area contributed by atoms with E-state index in [4.69, 9.17) is 16.2 Å². The van der Waals surface area contributed by atoms with Crippen LogP contribution in [0.3, 0.4) is 0 Å². The average Bonchev–Trinajstić information content (AvgIpc) is 3.21. The van der Waals surface area contributed by atoms with Crippen LogP contribution in [0.4, 0.5) is 0 Å². The Hall–Kier alpha value is -2.86. The van der Waals surface area contributed by atoms with Crippen molar-refractivity contribution in [2.24, 2.45) is 23.3 Å². The molecule has 1 aliphatic carbocycles. The highest BCUT2D eigenvalue weighted by Gasteiger charge is 2.35. The summed E-state index contributed by atoms with van der Waals surface area (Å²) in [6.45, 7) is 1.25. The Kier molecular flexibility index (Phi) is 7.25. The van der Waals surface area contributed by atoms with Gasteiger partial charge in [-0.3, -0.25) is 9.59 Å². The van der Waals surface area contributed by atoms with Crippen molar-refractivity contribution in [3.05, 3.63) is 65.7 Å². The third-order valence-electron chi connectivity index (χ3n) is 5.48. The van der Waals surface area contributed by atoms with Crippen LogP contribution in [0, 0.1) is 11.8 Å². The van der Waals surface area contributed by atoms with E-state index >= 15 is 0 Å². The molecule has 3 rings (SSSR count). The van der Waals surface area contributed by atoms with Gasteiger partial charge in [-0.25, -0.2) is 0 Å². The lowest BCUT2D eigenvalue weighted by atomic mass is 9.94. The fourth-order valence-electron chi connectivity index (χ4n) is 3.93. The fourth-order valence-corrected chi connectivity index (χ4v) is 3.93. The molecule has 0 heterocycles. The summed E-state index contributed by atoms with van der Waals surface area (Å²) in [6, 6.07) is 17.5. The first-order valence-corrected chi connectivity index (χ1v) is 10.1. The van der Waals surface area contributed by atoms with Gasteiger partial charge in [0.2, 0.25) is 11.8 Å². The maximum absolute atomic E-state index is 13.0. The maximum Gasteiger partial charge on any atom is 0.237 e. The first kappa shape index (κ1) is 20.9. The second-order valence-electron chi connectivity index (χ2n) is 7.61. The van der Waals surface area contributed by atoms with Crippen molar-refractivity contribution in [3.8, 4) is 5.75 Å². The van der Waals surface area contributed by atoms with Gasteiger partial charge in [0.25, 0.3) is 0 Å². The lowest BCUT2D eigenvalue weighted by Crippen LogP contribution is -2.43. The zero-order valence-electron chi connectivity index (χ0n) is 16.6. The van der Waals surface area contributed by atoms with Crippen molar-refractivity contribution in [2.75, 3.05) is 13.1 Å². The van der Waals surface area contributed by atoms with E-state index in [-0.39, 0.29) is 24.3 Å². The van der Waals surface area contributed by atoms with Gasteiger partial charge in [0.15, 0.2) is 0 Å². The van der Waals surface area contributed by atoms with E-state index in [2.05, 4.69) is 0 Å². The summed E-state index contributed by atoms with van der Waals surface area (Å²) in [5, 5.41) is 0. The van der Waals surface area contributed by atoms with Gasteiger partial charge in [0, 0.05) is 12.5 Å². The molecule has 0 aromatic heterocycles. The molecule has 2 atom stereocenters. The lowest BCUT2D eigenvalue weighted by Gasteiger charge is -2.27. The molecule has 2 aromatic rings. The summed E-state index contributed by atoms with van der Waals surface area (Å²) in [5.41, 5.74) is 13.2. The summed E-state index contributed by atoms with van der Waals surface area (Å²) in [5.74, 6) is 0.286. The molecular weight excluding hydrogens is 366 g/mol. The normalized spacial score (nSPS) is 18.4. The Balaban J connectivity index is 1.63. The van der Waals surface area contributed by atoms with Gasteiger partial charge >= 0.3 is 0 Å². The SMILES string of the molecule is NC[C@H]1CCC[C@H]1C(=O)N(CC(N)=O)Cc1ccc(OCc2ccccc2)cc1. The number of primary amides is 1. The van der Waals surface area contributed by atoms with Gasteiger partial charge in [-0.05, 0) is 48.6 Å². The minimum absolute atomic E-state index is 0.0267. The van der Waals surface area contributed by atoms with Crippen LogP contribution in [-0.4, -0.2) is 29.8 Å². The number of benzene rings is 2. The molecule has 1 fully saturated rings. The highest BCUT2D eigenvalue weighted by atomic mass is 16.5. The van der Waals surface area contributed by atoms with Crippen molar-refractivity contribution in [3.63, 3.8) is 0 Å². The summed E-state index contributed by atoms with van der Waals surface area (Å²) < 4.78 is 5.81. The summed E-state index contributed by atoms with van der Waals surface area (Å²) in [6.07, 6.45) is 2.78. The minimum Gasteiger partial charge on any atom is -0.489 e.